The van der Waals surface area contributed by atoms with Gasteiger partial charge in [-0.3, -0.25) is 0 Å². The van der Waals surface area contributed by atoms with E-state index in [1.807, 2.05) is 0 Å². The molecule has 23 heavy (non-hydrogen) atoms. The van der Waals surface area contributed by atoms with Crippen molar-refractivity contribution in [3.05, 3.63) is 23.2 Å². The van der Waals surface area contributed by atoms with Gasteiger partial charge in [0.25, 0.3) is 0 Å². The summed E-state index contributed by atoms with van der Waals surface area (Å²) in [6.07, 6.45) is 5.16. The molecule has 2 fully saturated rings. The molecule has 0 amide bonds. The molecule has 1 heterocycles. The zero-order chi connectivity index (χ0) is 16.4. The van der Waals surface area contributed by atoms with E-state index in [1.165, 1.54) is 16.8 Å². The fraction of sp³-hybridized carbons (Fsp3) is 0.625. The summed E-state index contributed by atoms with van der Waals surface area (Å²) < 4.78 is 33.4. The lowest BCUT2D eigenvalue weighted by Gasteiger charge is -2.27. The van der Waals surface area contributed by atoms with Crippen LogP contribution >= 0.6 is 11.6 Å². The van der Waals surface area contributed by atoms with Gasteiger partial charge in [-0.15, -0.1) is 0 Å². The zero-order valence-electron chi connectivity index (χ0n) is 13.1. The quantitative estimate of drug-likeness (QED) is 0.848. The highest BCUT2D eigenvalue weighted by Crippen LogP contribution is 2.34. The topological polar surface area (TPSA) is 72.6 Å². The van der Waals surface area contributed by atoms with E-state index in [2.05, 4.69) is 0 Å². The Labute approximate surface area is 142 Å². The number of nitrogens with zero attached hydrogens (tertiary/aromatic N) is 1. The summed E-state index contributed by atoms with van der Waals surface area (Å²) in [5, 5.41) is 0.392. The second-order valence-corrected chi connectivity index (χ2v) is 8.64. The zero-order valence-corrected chi connectivity index (χ0v) is 14.7. The maximum atomic E-state index is 13.0. The van der Waals surface area contributed by atoms with Gasteiger partial charge < -0.3 is 10.5 Å². The molecule has 5 nitrogen and oxygen atoms in total. The number of nitrogens with two attached hydrogens (primary N) is 1. The van der Waals surface area contributed by atoms with E-state index in [0.717, 1.165) is 25.7 Å². The van der Waals surface area contributed by atoms with Crippen molar-refractivity contribution in [2.45, 2.75) is 43.0 Å². The molecule has 0 radical (unpaired) electrons. The van der Waals surface area contributed by atoms with Crippen molar-refractivity contribution >= 4 is 21.6 Å². The smallest absolute Gasteiger partial charge is 0.247 e. The van der Waals surface area contributed by atoms with Gasteiger partial charge in [-0.2, -0.15) is 4.31 Å². The van der Waals surface area contributed by atoms with Crippen LogP contribution in [0.25, 0.3) is 0 Å². The Morgan fingerprint density at radius 2 is 2.04 bits per heavy atom. The maximum absolute atomic E-state index is 13.0. The van der Waals surface area contributed by atoms with Crippen LogP contribution in [0.2, 0.25) is 5.02 Å². The predicted molar refractivity (Wildman–Crippen MR) is 90.3 cm³/mol. The molecule has 3 rings (SSSR count). The maximum Gasteiger partial charge on any atom is 0.247 e. The number of rotatable bonds is 6. The van der Waals surface area contributed by atoms with E-state index < -0.39 is 10.0 Å². The van der Waals surface area contributed by atoms with Gasteiger partial charge >= 0.3 is 0 Å². The molecule has 0 bridgehead atoms. The monoisotopic (exact) mass is 358 g/mol. The molecule has 1 aliphatic carbocycles. The van der Waals surface area contributed by atoms with Crippen LogP contribution in [-0.2, 0) is 10.0 Å². The second kappa shape index (κ2) is 6.97. The first-order valence-electron chi connectivity index (χ1n) is 8.16. The molecule has 0 spiro atoms. The molecule has 1 unspecified atom stereocenters. The largest absolute Gasteiger partial charge is 0.492 e. The van der Waals surface area contributed by atoms with Crippen molar-refractivity contribution in [1.29, 1.82) is 0 Å². The second-order valence-electron chi connectivity index (χ2n) is 6.35. The molecule has 2 aliphatic rings. The Balaban J connectivity index is 1.88. The lowest BCUT2D eigenvalue weighted by atomic mass is 9.86. The summed E-state index contributed by atoms with van der Waals surface area (Å²) in [5.41, 5.74) is 5.73. The molecule has 1 atom stereocenters. The van der Waals surface area contributed by atoms with Gasteiger partial charge in [-0.1, -0.05) is 18.0 Å². The van der Waals surface area contributed by atoms with Crippen LogP contribution in [0.15, 0.2) is 23.1 Å². The lowest BCUT2D eigenvalue weighted by Crippen LogP contribution is -2.40. The summed E-state index contributed by atoms with van der Waals surface area (Å²) in [5.74, 6) is 0.925. The van der Waals surface area contributed by atoms with Crippen molar-refractivity contribution in [3.63, 3.8) is 0 Å². The first-order chi connectivity index (χ1) is 11.0. The van der Waals surface area contributed by atoms with Crippen LogP contribution in [0, 0.1) is 5.92 Å². The van der Waals surface area contributed by atoms with E-state index in [-0.39, 0.29) is 10.9 Å². The third kappa shape index (κ3) is 3.50. The molecule has 1 aromatic carbocycles. The van der Waals surface area contributed by atoms with E-state index in [4.69, 9.17) is 22.1 Å². The summed E-state index contributed by atoms with van der Waals surface area (Å²) >= 11 is 6.04. The average molecular weight is 359 g/mol. The average Bonchev–Trinajstić information content (AvgIpc) is 2.96. The number of hydrogen-bond donors (Lipinski definition) is 1. The van der Waals surface area contributed by atoms with E-state index in [9.17, 15) is 8.42 Å². The minimum atomic E-state index is -3.65. The highest BCUT2D eigenvalue weighted by Gasteiger charge is 2.36. The standard InChI is InChI=1S/C16H23ClN2O3S/c17-13-6-7-15(22-11-12-3-1-4-12)16(9-13)23(20,21)19-8-2-5-14(19)10-18/h6-7,9,12,14H,1-5,8,10-11,18H2. The number of hydrogen-bond acceptors (Lipinski definition) is 4. The summed E-state index contributed by atoms with van der Waals surface area (Å²) in [7, 11) is -3.65. The predicted octanol–water partition coefficient (Wildman–Crippen LogP) is 2.63. The molecule has 1 aliphatic heterocycles. The highest BCUT2D eigenvalue weighted by molar-refractivity contribution is 7.89. The van der Waals surface area contributed by atoms with Crippen molar-refractivity contribution in [2.24, 2.45) is 11.7 Å². The fourth-order valence-corrected chi connectivity index (χ4v) is 5.26. The molecule has 2 N–H and O–H groups in total. The van der Waals surface area contributed by atoms with Crippen molar-refractivity contribution < 1.29 is 13.2 Å². The SMILES string of the molecule is NCC1CCCN1S(=O)(=O)c1cc(Cl)ccc1OCC1CCC1. The summed E-state index contributed by atoms with van der Waals surface area (Å²) in [6.45, 7) is 1.39. The first-order valence-corrected chi connectivity index (χ1v) is 9.98. The highest BCUT2D eigenvalue weighted by atomic mass is 35.5. The van der Waals surface area contributed by atoms with E-state index in [0.29, 0.717) is 36.4 Å². The molecular weight excluding hydrogens is 336 g/mol. The van der Waals surface area contributed by atoms with Crippen molar-refractivity contribution in [3.8, 4) is 5.75 Å². The Bertz CT molecular complexity index is 661. The molecule has 7 heteroatoms. The van der Waals surface area contributed by atoms with Crippen LogP contribution in [0.3, 0.4) is 0 Å². The normalized spacial score (nSPS) is 23.0. The minimum absolute atomic E-state index is 0.140. The van der Waals surface area contributed by atoms with Gasteiger partial charge in [0.1, 0.15) is 10.6 Å². The van der Waals surface area contributed by atoms with Crippen LogP contribution in [0.5, 0.6) is 5.75 Å². The Kier molecular flexibility index (Phi) is 5.16. The molecule has 128 valence electrons. The molecule has 1 saturated carbocycles. The first kappa shape index (κ1) is 17.0. The molecular formula is C16H23ClN2O3S. The number of ether oxygens (including phenoxy) is 1. The van der Waals surface area contributed by atoms with E-state index in [1.54, 1.807) is 12.1 Å². The Morgan fingerprint density at radius 3 is 2.70 bits per heavy atom. The number of halogens is 1. The molecule has 1 saturated heterocycles. The van der Waals surface area contributed by atoms with Gasteiger partial charge in [-0.05, 0) is 49.8 Å². The van der Waals surface area contributed by atoms with Crippen LogP contribution in [0.1, 0.15) is 32.1 Å². The van der Waals surface area contributed by atoms with Gasteiger partial charge in [-0.25, -0.2) is 8.42 Å². The Morgan fingerprint density at radius 1 is 1.26 bits per heavy atom. The third-order valence-corrected chi connectivity index (χ3v) is 6.99. The van der Waals surface area contributed by atoms with Gasteiger partial charge in [0.2, 0.25) is 10.0 Å². The van der Waals surface area contributed by atoms with Crippen molar-refractivity contribution in [2.75, 3.05) is 19.7 Å². The summed E-state index contributed by atoms with van der Waals surface area (Å²) in [4.78, 5) is 0.157. The summed E-state index contributed by atoms with van der Waals surface area (Å²) in [6, 6.07) is 4.67. The lowest BCUT2D eigenvalue weighted by molar-refractivity contribution is 0.177. The number of benzene rings is 1. The third-order valence-electron chi connectivity index (χ3n) is 4.79. The van der Waals surface area contributed by atoms with Crippen LogP contribution in [0.4, 0.5) is 0 Å². The van der Waals surface area contributed by atoms with Crippen LogP contribution < -0.4 is 10.5 Å². The van der Waals surface area contributed by atoms with Crippen molar-refractivity contribution in [1.82, 2.24) is 4.31 Å². The van der Waals surface area contributed by atoms with Crippen LogP contribution in [-0.4, -0.2) is 38.5 Å². The van der Waals surface area contributed by atoms with Gasteiger partial charge in [0.15, 0.2) is 0 Å². The molecule has 1 aromatic rings. The number of sulfonamides is 1. The Hall–Kier alpha value is -0.820. The minimum Gasteiger partial charge on any atom is -0.492 e. The van der Waals surface area contributed by atoms with Gasteiger partial charge in [0.05, 0.1) is 6.61 Å². The van der Waals surface area contributed by atoms with E-state index >= 15 is 0 Å². The van der Waals surface area contributed by atoms with Gasteiger partial charge in [0, 0.05) is 24.2 Å². The molecule has 0 aromatic heterocycles. The fourth-order valence-electron chi connectivity index (χ4n) is 3.16.